The number of aliphatic hydroxyl groups excluding tert-OH is 2. The van der Waals surface area contributed by atoms with E-state index in [4.69, 9.17) is 0 Å². The Balaban J connectivity index is 1.75. The van der Waals surface area contributed by atoms with E-state index in [1.54, 1.807) is 6.92 Å². The first-order chi connectivity index (χ1) is 14.7. The van der Waals surface area contributed by atoms with Gasteiger partial charge in [-0.15, -0.1) is 11.8 Å². The summed E-state index contributed by atoms with van der Waals surface area (Å²) in [4.78, 5) is 0. The maximum Gasteiger partial charge on any atom is 0.154 e. The number of fused-ring (bicyclic) bond motifs is 1. The third-order valence-corrected chi connectivity index (χ3v) is 9.40. The number of thioether (sulfide) groups is 1. The van der Waals surface area contributed by atoms with E-state index in [1.165, 1.54) is 43.0 Å². The van der Waals surface area contributed by atoms with Crippen molar-refractivity contribution < 1.29 is 14.6 Å². The van der Waals surface area contributed by atoms with Gasteiger partial charge in [0.1, 0.15) is 0 Å². The van der Waals surface area contributed by atoms with Crippen LogP contribution in [0, 0.1) is 23.2 Å². The van der Waals surface area contributed by atoms with Gasteiger partial charge in [-0.3, -0.25) is 0 Å². The summed E-state index contributed by atoms with van der Waals surface area (Å²) in [7, 11) is 0. The molecule has 0 heterocycles. The van der Waals surface area contributed by atoms with Crippen molar-refractivity contribution in [2.24, 2.45) is 23.2 Å². The molecule has 3 aliphatic rings. The molecule has 0 amide bonds. The molecular weight excluding hydrogens is 419 g/mol. The van der Waals surface area contributed by atoms with Crippen LogP contribution in [0.1, 0.15) is 92.9 Å². The molecule has 0 aliphatic heterocycles. The number of aliphatic hydroxyl groups is 2. The van der Waals surface area contributed by atoms with Crippen LogP contribution in [0.3, 0.4) is 0 Å². The van der Waals surface area contributed by atoms with E-state index in [0.29, 0.717) is 37.0 Å². The first-order valence-corrected chi connectivity index (χ1v) is 13.4. The van der Waals surface area contributed by atoms with Crippen LogP contribution in [0.5, 0.6) is 0 Å². The average Bonchev–Trinajstić information content (AvgIpc) is 2.98. The Hall–Kier alpha value is -0.580. The fourth-order valence-corrected chi connectivity index (χ4v) is 8.70. The second-order valence-electron chi connectivity index (χ2n) is 12.2. The maximum absolute atomic E-state index is 15.4. The SMILES string of the molecule is C=C1/C(=C\C=C2/CCC[C@]3(C)[C@@H]([C@H](C)CC(C)(F)SC(C)(C)C)CC[C@@H]23)C[C@@H](O)C[C@@H]1O. The average molecular weight is 465 g/mol. The zero-order valence-electron chi connectivity index (χ0n) is 21.1. The molecule has 0 aromatic rings. The van der Waals surface area contributed by atoms with Crippen LogP contribution in [0.25, 0.3) is 0 Å². The summed E-state index contributed by atoms with van der Waals surface area (Å²) in [5, 5.41) is 19.0. The molecular formula is C28H45FO2S. The highest BCUT2D eigenvalue weighted by Crippen LogP contribution is 2.60. The van der Waals surface area contributed by atoms with Crippen molar-refractivity contribution >= 4 is 11.8 Å². The molecule has 0 spiro atoms. The molecule has 3 fully saturated rings. The molecule has 2 N–H and O–H groups in total. The molecule has 0 aromatic carbocycles. The van der Waals surface area contributed by atoms with E-state index < -0.39 is 17.2 Å². The molecule has 0 radical (unpaired) electrons. The monoisotopic (exact) mass is 464 g/mol. The highest BCUT2D eigenvalue weighted by atomic mass is 32.2. The largest absolute Gasteiger partial charge is 0.393 e. The van der Waals surface area contributed by atoms with Gasteiger partial charge in [-0.25, -0.2) is 4.39 Å². The Morgan fingerprint density at radius 1 is 1.22 bits per heavy atom. The van der Waals surface area contributed by atoms with Crippen LogP contribution in [0.15, 0.2) is 35.5 Å². The zero-order chi connectivity index (χ0) is 23.9. The van der Waals surface area contributed by atoms with Gasteiger partial charge in [-0.05, 0) is 86.2 Å². The van der Waals surface area contributed by atoms with E-state index in [0.717, 1.165) is 17.6 Å². The minimum Gasteiger partial charge on any atom is -0.393 e. The number of allylic oxidation sites excluding steroid dienone is 3. The van der Waals surface area contributed by atoms with Crippen LogP contribution in [-0.4, -0.2) is 32.2 Å². The summed E-state index contributed by atoms with van der Waals surface area (Å²) in [6, 6.07) is 0. The van der Waals surface area contributed by atoms with Crippen LogP contribution >= 0.6 is 11.8 Å². The number of halogens is 1. The quantitative estimate of drug-likeness (QED) is 0.446. The highest BCUT2D eigenvalue weighted by Gasteiger charge is 2.51. The highest BCUT2D eigenvalue weighted by molar-refractivity contribution is 8.01. The predicted octanol–water partition coefficient (Wildman–Crippen LogP) is 7.37. The molecule has 7 atom stereocenters. The Morgan fingerprint density at radius 3 is 2.56 bits per heavy atom. The molecule has 3 aliphatic carbocycles. The second-order valence-corrected chi connectivity index (χ2v) is 14.4. The van der Waals surface area contributed by atoms with Gasteiger partial charge in [0.05, 0.1) is 12.2 Å². The van der Waals surface area contributed by atoms with E-state index in [2.05, 4.69) is 53.3 Å². The minimum atomic E-state index is -1.20. The Morgan fingerprint density at radius 2 is 1.91 bits per heavy atom. The maximum atomic E-state index is 15.4. The summed E-state index contributed by atoms with van der Waals surface area (Å²) in [6.07, 6.45) is 10.7. The van der Waals surface area contributed by atoms with E-state index in [-0.39, 0.29) is 10.2 Å². The van der Waals surface area contributed by atoms with Gasteiger partial charge in [-0.1, -0.05) is 58.9 Å². The lowest BCUT2D eigenvalue weighted by Crippen LogP contribution is -2.37. The summed E-state index contributed by atoms with van der Waals surface area (Å²) in [5.41, 5.74) is 3.46. The third-order valence-electron chi connectivity index (χ3n) is 8.19. The van der Waals surface area contributed by atoms with Gasteiger partial charge in [0.25, 0.3) is 0 Å². The fourth-order valence-electron chi connectivity index (χ4n) is 7.08. The third kappa shape index (κ3) is 5.91. The van der Waals surface area contributed by atoms with Crippen molar-refractivity contribution in [2.75, 3.05) is 0 Å². The number of alkyl halides is 1. The molecule has 2 nitrogen and oxygen atoms in total. The topological polar surface area (TPSA) is 40.5 Å². The lowest BCUT2D eigenvalue weighted by atomic mass is 9.60. The molecule has 0 aromatic heterocycles. The Kier molecular flexibility index (Phi) is 7.79. The molecule has 3 rings (SSSR count). The molecule has 0 saturated heterocycles. The first kappa shape index (κ1) is 26.0. The standard InChI is InChI=1S/C28H45FO2S/c1-18(17-28(7,29)32-26(3,4)5)23-12-13-24-20(9-8-14-27(23,24)6)10-11-21-15-22(30)16-25(31)19(21)2/h10-11,18,22-25,30-31H,2,8-9,12-17H2,1,3-7H3/b20-10+,21-11-/t18-,22-,23-,24+,25+,27-,28?/m1/s1. The molecule has 1 unspecified atom stereocenters. The number of hydrogen-bond donors (Lipinski definition) is 2. The Bertz CT molecular complexity index is 762. The van der Waals surface area contributed by atoms with Gasteiger partial charge in [0, 0.05) is 11.2 Å². The van der Waals surface area contributed by atoms with Crippen molar-refractivity contribution in [3.8, 4) is 0 Å². The molecule has 0 bridgehead atoms. The number of rotatable bonds is 5. The van der Waals surface area contributed by atoms with Gasteiger partial charge in [-0.2, -0.15) is 0 Å². The van der Waals surface area contributed by atoms with E-state index >= 15 is 4.39 Å². The van der Waals surface area contributed by atoms with E-state index in [1.807, 2.05) is 0 Å². The lowest BCUT2D eigenvalue weighted by molar-refractivity contribution is 0.0798. The van der Waals surface area contributed by atoms with Crippen LogP contribution < -0.4 is 0 Å². The van der Waals surface area contributed by atoms with Crippen molar-refractivity contribution in [1.82, 2.24) is 0 Å². The lowest BCUT2D eigenvalue weighted by Gasteiger charge is -2.45. The first-order valence-electron chi connectivity index (χ1n) is 12.6. The van der Waals surface area contributed by atoms with E-state index in [9.17, 15) is 10.2 Å². The van der Waals surface area contributed by atoms with Gasteiger partial charge < -0.3 is 10.2 Å². The van der Waals surface area contributed by atoms with Crippen LogP contribution in [0.2, 0.25) is 0 Å². The second kappa shape index (κ2) is 9.58. The van der Waals surface area contributed by atoms with Crippen molar-refractivity contribution in [3.05, 3.63) is 35.5 Å². The van der Waals surface area contributed by atoms with Crippen molar-refractivity contribution in [2.45, 2.75) is 115 Å². The summed E-state index contributed by atoms with van der Waals surface area (Å²) in [5.74, 6) is 1.46. The fraction of sp³-hybridized carbons (Fsp3) is 0.786. The van der Waals surface area contributed by atoms with Crippen LogP contribution in [-0.2, 0) is 0 Å². The Labute approximate surface area is 199 Å². The summed E-state index contributed by atoms with van der Waals surface area (Å²) < 4.78 is 15.4. The van der Waals surface area contributed by atoms with Crippen molar-refractivity contribution in [1.29, 1.82) is 0 Å². The number of hydrogen-bond acceptors (Lipinski definition) is 3. The normalized spacial score (nSPS) is 39.2. The van der Waals surface area contributed by atoms with Gasteiger partial charge in [0.15, 0.2) is 5.00 Å². The summed E-state index contributed by atoms with van der Waals surface area (Å²) >= 11 is 1.46. The molecule has 182 valence electrons. The summed E-state index contributed by atoms with van der Waals surface area (Å²) in [6.45, 7) is 16.8. The van der Waals surface area contributed by atoms with Crippen molar-refractivity contribution in [3.63, 3.8) is 0 Å². The molecule has 32 heavy (non-hydrogen) atoms. The van der Waals surface area contributed by atoms with Crippen LogP contribution in [0.4, 0.5) is 4.39 Å². The minimum absolute atomic E-state index is 0.0795. The van der Waals surface area contributed by atoms with Gasteiger partial charge >= 0.3 is 0 Å². The zero-order valence-corrected chi connectivity index (χ0v) is 21.9. The smallest absolute Gasteiger partial charge is 0.154 e. The molecule has 3 saturated carbocycles. The molecule has 4 heteroatoms. The van der Waals surface area contributed by atoms with Gasteiger partial charge in [0.2, 0.25) is 0 Å². The predicted molar refractivity (Wildman–Crippen MR) is 135 cm³/mol.